The highest BCUT2D eigenvalue weighted by Gasteiger charge is 2.20. The van der Waals surface area contributed by atoms with Crippen molar-refractivity contribution in [2.24, 2.45) is 5.41 Å². The molecule has 0 aliphatic rings. The van der Waals surface area contributed by atoms with E-state index in [9.17, 15) is 0 Å². The second-order valence-electron chi connectivity index (χ2n) is 6.80. The van der Waals surface area contributed by atoms with Crippen molar-refractivity contribution in [3.05, 3.63) is 17.8 Å². The van der Waals surface area contributed by atoms with E-state index >= 15 is 0 Å². The summed E-state index contributed by atoms with van der Waals surface area (Å²) >= 11 is 0. The number of oxazole rings is 1. The van der Waals surface area contributed by atoms with Crippen LogP contribution in [0.25, 0.3) is 0 Å². The van der Waals surface area contributed by atoms with Gasteiger partial charge < -0.3 is 4.42 Å². The van der Waals surface area contributed by atoms with Crippen LogP contribution in [0.1, 0.15) is 66.0 Å². The summed E-state index contributed by atoms with van der Waals surface area (Å²) < 4.78 is 5.75. The zero-order valence-corrected chi connectivity index (χ0v) is 11.6. The van der Waals surface area contributed by atoms with Crippen LogP contribution in [0.2, 0.25) is 0 Å². The van der Waals surface area contributed by atoms with Crippen molar-refractivity contribution in [2.75, 3.05) is 0 Å². The lowest BCUT2D eigenvalue weighted by molar-refractivity contribution is 0.342. The number of hydrogen-bond acceptors (Lipinski definition) is 2. The van der Waals surface area contributed by atoms with Gasteiger partial charge in [0.25, 0.3) is 0 Å². The average Bonchev–Trinajstić information content (AvgIpc) is 2.49. The van der Waals surface area contributed by atoms with Gasteiger partial charge in [-0.3, -0.25) is 0 Å². The molecule has 0 spiro atoms. The minimum absolute atomic E-state index is 0.0161. The third kappa shape index (κ3) is 4.38. The van der Waals surface area contributed by atoms with Gasteiger partial charge in [0, 0.05) is 11.8 Å². The van der Waals surface area contributed by atoms with Crippen molar-refractivity contribution in [3.63, 3.8) is 0 Å². The SMILES string of the molecule is CC(C)(C)CCCc1cnc(C(C)(C)C)o1. The highest BCUT2D eigenvalue weighted by molar-refractivity contribution is 5.02. The molecule has 1 aromatic heterocycles. The molecule has 0 fully saturated rings. The molecular formula is C14H25NO. The molecule has 0 radical (unpaired) electrons. The maximum atomic E-state index is 5.75. The number of aromatic nitrogens is 1. The minimum Gasteiger partial charge on any atom is -0.445 e. The quantitative estimate of drug-likeness (QED) is 0.761. The summed E-state index contributed by atoms with van der Waals surface area (Å²) in [6.45, 7) is 13.2. The standard InChI is InChI=1S/C14H25NO/c1-13(2,3)9-7-8-11-10-15-12(16-11)14(4,5)6/h10H,7-9H2,1-6H3. The summed E-state index contributed by atoms with van der Waals surface area (Å²) in [5.74, 6) is 1.87. The van der Waals surface area contributed by atoms with Gasteiger partial charge in [-0.2, -0.15) is 0 Å². The van der Waals surface area contributed by atoms with Crippen LogP contribution in [-0.2, 0) is 11.8 Å². The Balaban J connectivity index is 2.48. The van der Waals surface area contributed by atoms with Crippen LogP contribution in [0, 0.1) is 5.41 Å². The zero-order chi connectivity index (χ0) is 12.4. The Bertz CT molecular complexity index is 325. The smallest absolute Gasteiger partial charge is 0.199 e. The van der Waals surface area contributed by atoms with Crippen LogP contribution in [0.5, 0.6) is 0 Å². The lowest BCUT2D eigenvalue weighted by Gasteiger charge is -2.17. The number of hydrogen-bond donors (Lipinski definition) is 0. The van der Waals surface area contributed by atoms with Gasteiger partial charge in [0.1, 0.15) is 5.76 Å². The molecule has 0 saturated carbocycles. The maximum absolute atomic E-state index is 5.75. The first-order valence-corrected chi connectivity index (χ1v) is 6.14. The second kappa shape index (κ2) is 4.60. The van der Waals surface area contributed by atoms with E-state index in [4.69, 9.17) is 4.42 Å². The molecule has 0 amide bonds. The number of rotatable bonds is 3. The molecule has 0 aliphatic carbocycles. The lowest BCUT2D eigenvalue weighted by atomic mass is 9.90. The highest BCUT2D eigenvalue weighted by Crippen LogP contribution is 2.24. The van der Waals surface area contributed by atoms with E-state index in [1.165, 1.54) is 12.8 Å². The van der Waals surface area contributed by atoms with Gasteiger partial charge in [-0.25, -0.2) is 4.98 Å². The molecular weight excluding hydrogens is 198 g/mol. The van der Waals surface area contributed by atoms with E-state index in [0.29, 0.717) is 5.41 Å². The van der Waals surface area contributed by atoms with E-state index in [2.05, 4.69) is 46.5 Å². The molecule has 0 aromatic carbocycles. The third-order valence-electron chi connectivity index (χ3n) is 2.55. The van der Waals surface area contributed by atoms with Crippen molar-refractivity contribution in [3.8, 4) is 0 Å². The summed E-state index contributed by atoms with van der Waals surface area (Å²) in [4.78, 5) is 4.34. The predicted molar refractivity (Wildman–Crippen MR) is 67.6 cm³/mol. The van der Waals surface area contributed by atoms with Gasteiger partial charge in [-0.05, 0) is 18.3 Å². The van der Waals surface area contributed by atoms with E-state index in [1.54, 1.807) is 0 Å². The third-order valence-corrected chi connectivity index (χ3v) is 2.55. The van der Waals surface area contributed by atoms with Crippen LogP contribution >= 0.6 is 0 Å². The predicted octanol–water partition coefficient (Wildman–Crippen LogP) is 4.34. The van der Waals surface area contributed by atoms with Gasteiger partial charge in [0.15, 0.2) is 5.89 Å². The van der Waals surface area contributed by atoms with Gasteiger partial charge in [-0.15, -0.1) is 0 Å². The van der Waals surface area contributed by atoms with Crippen molar-refractivity contribution >= 4 is 0 Å². The summed E-state index contributed by atoms with van der Waals surface area (Å²) in [5.41, 5.74) is 0.426. The van der Waals surface area contributed by atoms with E-state index < -0.39 is 0 Å². The molecule has 0 bridgehead atoms. The van der Waals surface area contributed by atoms with Crippen LogP contribution in [0.3, 0.4) is 0 Å². The Labute approximate surface area is 99.5 Å². The van der Waals surface area contributed by atoms with Crippen LogP contribution in [0.4, 0.5) is 0 Å². The first-order chi connectivity index (χ1) is 7.18. The molecule has 0 unspecified atom stereocenters. The Kier molecular flexibility index (Phi) is 3.82. The van der Waals surface area contributed by atoms with E-state index in [-0.39, 0.29) is 5.41 Å². The fraction of sp³-hybridized carbons (Fsp3) is 0.786. The molecule has 0 atom stereocenters. The first kappa shape index (κ1) is 13.3. The summed E-state index contributed by atoms with van der Waals surface area (Å²) in [6.07, 6.45) is 5.27. The zero-order valence-electron chi connectivity index (χ0n) is 11.6. The van der Waals surface area contributed by atoms with Gasteiger partial charge in [-0.1, -0.05) is 41.5 Å². The van der Waals surface area contributed by atoms with Gasteiger partial charge in [0.2, 0.25) is 0 Å². The fourth-order valence-corrected chi connectivity index (χ4v) is 1.56. The van der Waals surface area contributed by atoms with Crippen LogP contribution < -0.4 is 0 Å². The molecule has 92 valence electrons. The molecule has 0 N–H and O–H groups in total. The fourth-order valence-electron chi connectivity index (χ4n) is 1.56. The largest absolute Gasteiger partial charge is 0.445 e. The number of nitrogens with zero attached hydrogens (tertiary/aromatic N) is 1. The number of aryl methyl sites for hydroxylation is 1. The Hall–Kier alpha value is -0.790. The molecule has 1 heterocycles. The Morgan fingerprint density at radius 3 is 2.19 bits per heavy atom. The summed E-state index contributed by atoms with van der Waals surface area (Å²) in [7, 11) is 0. The van der Waals surface area contributed by atoms with Crippen molar-refractivity contribution < 1.29 is 4.42 Å². The minimum atomic E-state index is 0.0161. The van der Waals surface area contributed by atoms with Crippen molar-refractivity contribution in [1.82, 2.24) is 4.98 Å². The highest BCUT2D eigenvalue weighted by atomic mass is 16.4. The monoisotopic (exact) mass is 223 g/mol. The summed E-state index contributed by atoms with van der Waals surface area (Å²) in [5, 5.41) is 0. The maximum Gasteiger partial charge on any atom is 0.199 e. The van der Waals surface area contributed by atoms with E-state index in [1.807, 2.05) is 6.20 Å². The average molecular weight is 223 g/mol. The van der Waals surface area contributed by atoms with Crippen molar-refractivity contribution in [1.29, 1.82) is 0 Å². The molecule has 0 aliphatic heterocycles. The van der Waals surface area contributed by atoms with Crippen molar-refractivity contribution in [2.45, 2.75) is 66.2 Å². The molecule has 0 saturated heterocycles. The van der Waals surface area contributed by atoms with Gasteiger partial charge in [0.05, 0.1) is 6.20 Å². The first-order valence-electron chi connectivity index (χ1n) is 6.14. The molecule has 1 aromatic rings. The lowest BCUT2D eigenvalue weighted by Crippen LogP contribution is -2.11. The molecule has 2 heteroatoms. The van der Waals surface area contributed by atoms with Crippen LogP contribution in [-0.4, -0.2) is 4.98 Å². The van der Waals surface area contributed by atoms with Crippen LogP contribution in [0.15, 0.2) is 10.6 Å². The van der Waals surface area contributed by atoms with E-state index in [0.717, 1.165) is 18.1 Å². The molecule has 16 heavy (non-hydrogen) atoms. The van der Waals surface area contributed by atoms with Gasteiger partial charge >= 0.3 is 0 Å². The normalized spacial score (nSPS) is 13.1. The molecule has 1 rings (SSSR count). The molecule has 2 nitrogen and oxygen atoms in total. The second-order valence-corrected chi connectivity index (χ2v) is 6.80. The Morgan fingerprint density at radius 2 is 1.75 bits per heavy atom. The summed E-state index contributed by atoms with van der Waals surface area (Å²) in [6, 6.07) is 0. The Morgan fingerprint density at radius 1 is 1.12 bits per heavy atom. The topological polar surface area (TPSA) is 26.0 Å².